The summed E-state index contributed by atoms with van der Waals surface area (Å²) in [5, 5.41) is 3.29. The molecule has 2 heterocycles. The number of ether oxygens (including phenoxy) is 1. The number of rotatable bonds is 4. The molecule has 0 bridgehead atoms. The Hall–Kier alpha value is -0.820. The molecular formula is C13H23Cl2N5O. The van der Waals surface area contributed by atoms with E-state index in [4.69, 9.17) is 16.2 Å². The van der Waals surface area contributed by atoms with E-state index in [0.717, 1.165) is 50.3 Å². The van der Waals surface area contributed by atoms with Crippen LogP contribution in [0, 0.1) is 0 Å². The Bertz CT molecular complexity index is 450. The number of halogens is 2. The molecule has 0 aromatic carbocycles. The second-order valence-electron chi connectivity index (χ2n) is 5.48. The van der Waals surface area contributed by atoms with Crippen molar-refractivity contribution in [3.63, 3.8) is 0 Å². The van der Waals surface area contributed by atoms with E-state index in [-0.39, 0.29) is 30.9 Å². The molecule has 3 rings (SSSR count). The third-order valence-electron chi connectivity index (χ3n) is 3.89. The van der Waals surface area contributed by atoms with E-state index in [1.165, 1.54) is 0 Å². The Balaban J connectivity index is 0.00000110. The van der Waals surface area contributed by atoms with Crippen LogP contribution in [0.15, 0.2) is 6.07 Å². The van der Waals surface area contributed by atoms with Crippen molar-refractivity contribution >= 4 is 36.6 Å². The summed E-state index contributed by atoms with van der Waals surface area (Å²) >= 11 is 0. The lowest BCUT2D eigenvalue weighted by Gasteiger charge is -2.32. The van der Waals surface area contributed by atoms with Gasteiger partial charge in [0.15, 0.2) is 0 Å². The van der Waals surface area contributed by atoms with Crippen molar-refractivity contribution < 1.29 is 4.74 Å². The Morgan fingerprint density at radius 3 is 2.67 bits per heavy atom. The lowest BCUT2D eigenvalue weighted by molar-refractivity contribution is 0.120. The fraction of sp³-hybridized carbons (Fsp3) is 0.692. The predicted molar refractivity (Wildman–Crippen MR) is 88.4 cm³/mol. The Kier molecular flexibility index (Phi) is 6.93. The second-order valence-corrected chi connectivity index (χ2v) is 5.48. The topological polar surface area (TPSA) is 99.1 Å². The zero-order valence-corrected chi connectivity index (χ0v) is 13.5. The average molecular weight is 336 g/mol. The van der Waals surface area contributed by atoms with Crippen LogP contribution in [0.3, 0.4) is 0 Å². The highest BCUT2D eigenvalue weighted by molar-refractivity contribution is 5.85. The summed E-state index contributed by atoms with van der Waals surface area (Å²) in [4.78, 5) is 8.53. The Labute approximate surface area is 137 Å². The zero-order valence-electron chi connectivity index (χ0n) is 11.8. The van der Waals surface area contributed by atoms with Gasteiger partial charge < -0.3 is 21.5 Å². The van der Waals surface area contributed by atoms with Gasteiger partial charge in [-0.2, -0.15) is 4.98 Å². The molecule has 0 unspecified atom stereocenters. The molecule has 0 amide bonds. The molecule has 0 radical (unpaired) electrons. The van der Waals surface area contributed by atoms with Gasteiger partial charge in [-0.15, -0.1) is 24.8 Å². The first-order valence-corrected chi connectivity index (χ1v) is 6.96. The van der Waals surface area contributed by atoms with Gasteiger partial charge in [0, 0.05) is 31.2 Å². The fourth-order valence-corrected chi connectivity index (χ4v) is 2.71. The number of nitrogens with zero attached hydrogens (tertiary/aromatic N) is 2. The van der Waals surface area contributed by atoms with Crippen molar-refractivity contribution in [2.24, 2.45) is 5.73 Å². The van der Waals surface area contributed by atoms with Gasteiger partial charge in [-0.05, 0) is 25.7 Å². The maximum Gasteiger partial charge on any atom is 0.222 e. The van der Waals surface area contributed by atoms with Crippen molar-refractivity contribution in [2.45, 2.75) is 43.7 Å². The highest BCUT2D eigenvalue weighted by atomic mass is 35.5. The van der Waals surface area contributed by atoms with Crippen LogP contribution in [0.25, 0.3) is 0 Å². The van der Waals surface area contributed by atoms with E-state index < -0.39 is 0 Å². The smallest absolute Gasteiger partial charge is 0.222 e. The summed E-state index contributed by atoms with van der Waals surface area (Å²) in [5.41, 5.74) is 12.6. The summed E-state index contributed by atoms with van der Waals surface area (Å²) < 4.78 is 5.58. The molecule has 1 atom stereocenters. The normalized spacial score (nSPS) is 27.2. The van der Waals surface area contributed by atoms with Gasteiger partial charge in [0.05, 0.1) is 11.8 Å². The number of nitrogens with two attached hydrogens (primary N) is 2. The molecule has 2 aliphatic rings. The highest BCUT2D eigenvalue weighted by Gasteiger charge is 2.29. The van der Waals surface area contributed by atoms with Gasteiger partial charge in [0.1, 0.15) is 5.82 Å². The van der Waals surface area contributed by atoms with Crippen LogP contribution >= 0.6 is 24.8 Å². The fourth-order valence-electron chi connectivity index (χ4n) is 2.71. The predicted octanol–water partition coefficient (Wildman–Crippen LogP) is 1.70. The second kappa shape index (κ2) is 7.98. The van der Waals surface area contributed by atoms with Crippen LogP contribution < -0.4 is 16.8 Å². The van der Waals surface area contributed by atoms with Crippen molar-refractivity contribution in [3.8, 4) is 0 Å². The minimum absolute atomic E-state index is 0. The molecule has 5 N–H and O–H groups in total. The number of anilines is 2. The minimum Gasteiger partial charge on any atom is -0.376 e. The van der Waals surface area contributed by atoms with Gasteiger partial charge in [-0.3, -0.25) is 0 Å². The maximum absolute atomic E-state index is 5.82. The van der Waals surface area contributed by atoms with E-state index in [2.05, 4.69) is 15.3 Å². The summed E-state index contributed by atoms with van der Waals surface area (Å²) in [7, 11) is 0. The van der Waals surface area contributed by atoms with E-state index in [9.17, 15) is 0 Å². The van der Waals surface area contributed by atoms with Gasteiger partial charge in [-0.1, -0.05) is 0 Å². The zero-order chi connectivity index (χ0) is 13.2. The van der Waals surface area contributed by atoms with Gasteiger partial charge in [-0.25, -0.2) is 4.98 Å². The van der Waals surface area contributed by atoms with E-state index in [1.807, 2.05) is 6.07 Å². The number of hydrogen-bond acceptors (Lipinski definition) is 6. The number of hydrogen-bond donors (Lipinski definition) is 3. The molecule has 6 nitrogen and oxygen atoms in total. The van der Waals surface area contributed by atoms with Crippen molar-refractivity contribution in [1.82, 2.24) is 9.97 Å². The molecule has 2 fully saturated rings. The molecule has 1 aliphatic carbocycles. The van der Waals surface area contributed by atoms with E-state index >= 15 is 0 Å². The number of nitrogen functional groups attached to an aromatic ring is 1. The standard InChI is InChI=1S/C13H21N5O.2ClH/c14-9-4-8(5-9)11-6-12(18-13(15)17-11)16-7-10-2-1-3-19-10;;/h6,8-10H,1-5,7,14H2,(H3,15,16,17,18);2*1H/t8?,9?,10-;;/m0../s1. The largest absolute Gasteiger partial charge is 0.376 e. The van der Waals surface area contributed by atoms with Crippen LogP contribution in [0.1, 0.15) is 37.3 Å². The van der Waals surface area contributed by atoms with Crippen LogP contribution in [0.4, 0.5) is 11.8 Å². The van der Waals surface area contributed by atoms with Crippen molar-refractivity contribution in [3.05, 3.63) is 11.8 Å². The third kappa shape index (κ3) is 4.57. The monoisotopic (exact) mass is 335 g/mol. The van der Waals surface area contributed by atoms with Gasteiger partial charge in [0.2, 0.25) is 5.95 Å². The molecule has 1 saturated heterocycles. The van der Waals surface area contributed by atoms with E-state index in [0.29, 0.717) is 17.9 Å². The molecule has 0 spiro atoms. The molecule has 1 aliphatic heterocycles. The van der Waals surface area contributed by atoms with Crippen LogP contribution in [-0.2, 0) is 4.74 Å². The van der Waals surface area contributed by atoms with Crippen LogP contribution in [0.2, 0.25) is 0 Å². The summed E-state index contributed by atoms with van der Waals surface area (Å²) in [6, 6.07) is 2.30. The lowest BCUT2D eigenvalue weighted by Crippen LogP contribution is -2.35. The van der Waals surface area contributed by atoms with Crippen molar-refractivity contribution in [1.29, 1.82) is 0 Å². The average Bonchev–Trinajstić information content (AvgIpc) is 2.85. The first-order valence-electron chi connectivity index (χ1n) is 6.96. The van der Waals surface area contributed by atoms with Crippen LogP contribution in [-0.4, -0.2) is 35.3 Å². The van der Waals surface area contributed by atoms with Gasteiger partial charge >= 0.3 is 0 Å². The molecular weight excluding hydrogens is 313 g/mol. The molecule has 1 saturated carbocycles. The number of aromatic nitrogens is 2. The first kappa shape index (κ1) is 18.2. The van der Waals surface area contributed by atoms with Gasteiger partial charge in [0.25, 0.3) is 0 Å². The summed E-state index contributed by atoms with van der Waals surface area (Å²) in [6.45, 7) is 1.64. The Morgan fingerprint density at radius 1 is 1.29 bits per heavy atom. The first-order chi connectivity index (χ1) is 9.20. The summed E-state index contributed by atoms with van der Waals surface area (Å²) in [5.74, 6) is 1.55. The van der Waals surface area contributed by atoms with Crippen molar-refractivity contribution in [2.75, 3.05) is 24.2 Å². The molecule has 120 valence electrons. The SMILES string of the molecule is Cl.Cl.Nc1nc(NC[C@@H]2CCCO2)cc(C2CC(N)C2)n1. The third-order valence-corrected chi connectivity index (χ3v) is 3.89. The molecule has 1 aromatic heterocycles. The minimum atomic E-state index is 0. The quantitative estimate of drug-likeness (QED) is 0.774. The molecule has 21 heavy (non-hydrogen) atoms. The summed E-state index contributed by atoms with van der Waals surface area (Å²) in [6.07, 6.45) is 4.52. The maximum atomic E-state index is 5.82. The van der Waals surface area contributed by atoms with E-state index in [1.54, 1.807) is 0 Å². The molecule has 8 heteroatoms. The van der Waals surface area contributed by atoms with Crippen LogP contribution in [0.5, 0.6) is 0 Å². The molecule has 1 aromatic rings. The highest BCUT2D eigenvalue weighted by Crippen LogP contribution is 2.35. The number of nitrogens with one attached hydrogen (secondary N) is 1. The lowest BCUT2D eigenvalue weighted by atomic mass is 9.78. The Morgan fingerprint density at radius 2 is 2.05 bits per heavy atom.